The second-order valence-corrected chi connectivity index (χ2v) is 8.31. The van der Waals surface area contributed by atoms with E-state index in [1.54, 1.807) is 18.2 Å². The minimum absolute atomic E-state index is 0.0142. The second kappa shape index (κ2) is 9.28. The number of methoxy groups -OCH3 is 1. The fourth-order valence-electron chi connectivity index (χ4n) is 4.30. The lowest BCUT2D eigenvalue weighted by atomic mass is 9.84. The van der Waals surface area contributed by atoms with Crippen LogP contribution in [0, 0.1) is 0 Å². The van der Waals surface area contributed by atoms with Gasteiger partial charge in [-0.15, -0.1) is 0 Å². The second-order valence-electron chi connectivity index (χ2n) is 8.31. The van der Waals surface area contributed by atoms with Gasteiger partial charge in [-0.2, -0.15) is 0 Å². The van der Waals surface area contributed by atoms with E-state index in [4.69, 9.17) is 4.74 Å². The van der Waals surface area contributed by atoms with Crippen LogP contribution in [0.1, 0.15) is 34.0 Å². The number of hydrogen-bond acceptors (Lipinski definition) is 4. The van der Waals surface area contributed by atoms with Crippen molar-refractivity contribution in [2.75, 3.05) is 7.11 Å². The molecule has 0 saturated carbocycles. The van der Waals surface area contributed by atoms with Crippen molar-refractivity contribution in [3.63, 3.8) is 0 Å². The molecule has 1 fully saturated rings. The summed E-state index contributed by atoms with van der Waals surface area (Å²) in [5.74, 6) is 0.123. The highest BCUT2D eigenvalue weighted by molar-refractivity contribution is 6.07. The molecule has 0 atom stereocenters. The number of Topliss-reactive ketones (excluding diaryl/α,β-unsaturated/α-hetero) is 1. The Labute approximate surface area is 193 Å². The first kappa shape index (κ1) is 22.3. The van der Waals surface area contributed by atoms with Crippen molar-refractivity contribution in [1.29, 1.82) is 0 Å². The average molecular weight is 443 g/mol. The molecule has 0 aromatic heterocycles. The largest absolute Gasteiger partial charge is 0.496 e. The number of carbonyl (C=O) groups excluding carboxylic acids is 3. The van der Waals surface area contributed by atoms with Gasteiger partial charge in [-0.3, -0.25) is 14.5 Å². The van der Waals surface area contributed by atoms with Crippen LogP contribution in [0.3, 0.4) is 0 Å². The molecular weight excluding hydrogens is 416 g/mol. The van der Waals surface area contributed by atoms with Crippen molar-refractivity contribution in [1.82, 2.24) is 10.2 Å². The smallest absolute Gasteiger partial charge is 0.325 e. The van der Waals surface area contributed by atoms with E-state index in [1.807, 2.05) is 60.7 Å². The normalized spacial score (nSPS) is 14.8. The van der Waals surface area contributed by atoms with Gasteiger partial charge in [-0.05, 0) is 36.2 Å². The molecule has 3 aromatic carbocycles. The Kier molecular flexibility index (Phi) is 6.27. The maximum absolute atomic E-state index is 13.8. The van der Waals surface area contributed by atoms with Crippen LogP contribution in [-0.2, 0) is 24.2 Å². The van der Waals surface area contributed by atoms with Gasteiger partial charge in [0.05, 0.1) is 13.7 Å². The van der Waals surface area contributed by atoms with E-state index in [2.05, 4.69) is 5.32 Å². The first-order valence-electron chi connectivity index (χ1n) is 10.8. The Bertz CT molecular complexity index is 1130. The SMILES string of the molecule is COc1ccc(C(C)=O)cc1CN1C(=O)NC(Cc2ccccc2)(Cc2ccccc2)C1=O. The third kappa shape index (κ3) is 4.65. The molecule has 0 spiro atoms. The Morgan fingerprint density at radius 2 is 1.48 bits per heavy atom. The lowest BCUT2D eigenvalue weighted by molar-refractivity contribution is -0.131. The van der Waals surface area contributed by atoms with E-state index in [1.165, 1.54) is 18.9 Å². The maximum atomic E-state index is 13.8. The zero-order valence-electron chi connectivity index (χ0n) is 18.7. The number of nitrogens with one attached hydrogen (secondary N) is 1. The summed E-state index contributed by atoms with van der Waals surface area (Å²) in [6, 6.07) is 23.9. The summed E-state index contributed by atoms with van der Waals surface area (Å²) in [6.07, 6.45) is 0.739. The molecule has 3 amide bonds. The van der Waals surface area contributed by atoms with E-state index >= 15 is 0 Å². The summed E-state index contributed by atoms with van der Waals surface area (Å²) >= 11 is 0. The fraction of sp³-hybridized carbons (Fsp3) is 0.222. The number of ketones is 1. The summed E-state index contributed by atoms with van der Waals surface area (Å²) in [4.78, 5) is 40.0. The lowest BCUT2D eigenvalue weighted by Gasteiger charge is -2.27. The maximum Gasteiger partial charge on any atom is 0.325 e. The third-order valence-corrected chi connectivity index (χ3v) is 5.96. The van der Waals surface area contributed by atoms with Crippen molar-refractivity contribution in [2.45, 2.75) is 31.8 Å². The predicted octanol–water partition coefficient (Wildman–Crippen LogP) is 4.17. The molecule has 1 N–H and O–H groups in total. The van der Waals surface area contributed by atoms with Crippen molar-refractivity contribution in [3.8, 4) is 5.75 Å². The van der Waals surface area contributed by atoms with Gasteiger partial charge in [0.15, 0.2) is 5.78 Å². The van der Waals surface area contributed by atoms with E-state index in [0.717, 1.165) is 11.1 Å². The highest BCUT2D eigenvalue weighted by Crippen LogP contribution is 2.30. The van der Waals surface area contributed by atoms with Crippen LogP contribution in [0.15, 0.2) is 78.9 Å². The summed E-state index contributed by atoms with van der Waals surface area (Å²) in [5, 5.41) is 2.99. The van der Waals surface area contributed by atoms with Crippen LogP contribution in [0.4, 0.5) is 4.79 Å². The number of rotatable bonds is 8. The molecule has 0 aliphatic carbocycles. The van der Waals surface area contributed by atoms with Gasteiger partial charge in [-0.25, -0.2) is 4.79 Å². The van der Waals surface area contributed by atoms with Gasteiger partial charge in [0.1, 0.15) is 11.3 Å². The third-order valence-electron chi connectivity index (χ3n) is 5.96. The van der Waals surface area contributed by atoms with Crippen LogP contribution >= 0.6 is 0 Å². The average Bonchev–Trinajstić information content (AvgIpc) is 3.04. The molecule has 0 bridgehead atoms. The van der Waals surface area contributed by atoms with Crippen molar-refractivity contribution in [2.24, 2.45) is 0 Å². The van der Waals surface area contributed by atoms with Crippen molar-refractivity contribution in [3.05, 3.63) is 101 Å². The van der Waals surface area contributed by atoms with Gasteiger partial charge < -0.3 is 10.1 Å². The number of urea groups is 1. The Balaban J connectivity index is 1.69. The number of nitrogens with zero attached hydrogens (tertiary/aromatic N) is 1. The standard InChI is InChI=1S/C27H26N2O4/c1-19(30)22-13-14-24(33-2)23(15-22)18-29-25(31)27(28-26(29)32,16-20-9-5-3-6-10-20)17-21-11-7-4-8-12-21/h3-15H,16-18H2,1-2H3,(H,28,32). The molecule has 1 heterocycles. The Morgan fingerprint density at radius 1 is 0.909 bits per heavy atom. The lowest BCUT2D eigenvalue weighted by Crippen LogP contribution is -2.51. The van der Waals surface area contributed by atoms with E-state index < -0.39 is 11.6 Å². The topological polar surface area (TPSA) is 75.7 Å². The first-order chi connectivity index (χ1) is 15.9. The van der Waals surface area contributed by atoms with Crippen LogP contribution in [0.5, 0.6) is 5.75 Å². The van der Waals surface area contributed by atoms with E-state index in [0.29, 0.717) is 29.7 Å². The highest BCUT2D eigenvalue weighted by Gasteiger charge is 2.51. The van der Waals surface area contributed by atoms with Crippen molar-refractivity contribution < 1.29 is 19.1 Å². The molecule has 168 valence electrons. The van der Waals surface area contributed by atoms with Gasteiger partial charge in [0.25, 0.3) is 5.91 Å². The number of benzene rings is 3. The zero-order valence-corrected chi connectivity index (χ0v) is 18.7. The first-order valence-corrected chi connectivity index (χ1v) is 10.8. The molecule has 6 nitrogen and oxygen atoms in total. The van der Waals surface area contributed by atoms with Crippen LogP contribution < -0.4 is 10.1 Å². The molecular formula is C27H26N2O4. The summed E-state index contributed by atoms with van der Waals surface area (Å²) in [6.45, 7) is 1.49. The number of carbonyl (C=O) groups is 3. The van der Waals surface area contributed by atoms with Gasteiger partial charge in [0.2, 0.25) is 0 Å². The molecule has 3 aromatic rings. The predicted molar refractivity (Wildman–Crippen MR) is 125 cm³/mol. The molecule has 1 saturated heterocycles. The van der Waals surface area contributed by atoms with Gasteiger partial charge in [0, 0.05) is 24.0 Å². The molecule has 33 heavy (non-hydrogen) atoms. The van der Waals surface area contributed by atoms with E-state index in [9.17, 15) is 14.4 Å². The molecule has 1 aliphatic rings. The van der Waals surface area contributed by atoms with Gasteiger partial charge >= 0.3 is 6.03 Å². The van der Waals surface area contributed by atoms with Crippen LogP contribution in [0.2, 0.25) is 0 Å². The monoisotopic (exact) mass is 442 g/mol. The quantitative estimate of drug-likeness (QED) is 0.420. The highest BCUT2D eigenvalue weighted by atomic mass is 16.5. The van der Waals surface area contributed by atoms with Crippen LogP contribution in [0.25, 0.3) is 0 Å². The summed E-state index contributed by atoms with van der Waals surface area (Å²) < 4.78 is 5.42. The zero-order chi connectivity index (χ0) is 23.4. The molecule has 6 heteroatoms. The number of ether oxygens (including phenoxy) is 1. The molecule has 0 unspecified atom stereocenters. The molecule has 0 radical (unpaired) electrons. The fourth-order valence-corrected chi connectivity index (χ4v) is 4.30. The minimum atomic E-state index is -1.11. The Hall–Kier alpha value is -3.93. The molecule has 4 rings (SSSR count). The van der Waals surface area contributed by atoms with Crippen molar-refractivity contribution >= 4 is 17.7 Å². The minimum Gasteiger partial charge on any atom is -0.496 e. The van der Waals surface area contributed by atoms with E-state index in [-0.39, 0.29) is 18.2 Å². The number of amides is 3. The Morgan fingerprint density at radius 3 is 2.00 bits per heavy atom. The van der Waals surface area contributed by atoms with Gasteiger partial charge in [-0.1, -0.05) is 60.7 Å². The number of imide groups is 1. The van der Waals surface area contributed by atoms with Crippen LogP contribution in [-0.4, -0.2) is 35.3 Å². The molecule has 1 aliphatic heterocycles. The summed E-state index contributed by atoms with van der Waals surface area (Å²) in [5.41, 5.74) is 1.91. The summed E-state index contributed by atoms with van der Waals surface area (Å²) in [7, 11) is 1.52. The number of hydrogen-bond donors (Lipinski definition) is 1.